The van der Waals surface area contributed by atoms with E-state index in [4.69, 9.17) is 9.47 Å². The van der Waals surface area contributed by atoms with Crippen LogP contribution >= 0.6 is 0 Å². The molecule has 0 bridgehead atoms. The first-order valence-electron chi connectivity index (χ1n) is 13.4. The normalized spacial score (nSPS) is 11.2. The fourth-order valence-corrected chi connectivity index (χ4v) is 4.66. The number of ether oxygens (including phenoxy) is 2. The van der Waals surface area contributed by atoms with Crippen molar-refractivity contribution in [3.05, 3.63) is 83.7 Å². The molecule has 2 N–H and O–H groups in total. The number of carboxylic acid groups (broad SMARTS) is 1. The van der Waals surface area contributed by atoms with Crippen LogP contribution in [0, 0.1) is 24.0 Å². The number of pyridine rings is 1. The lowest BCUT2D eigenvalue weighted by molar-refractivity contribution is -0.125. The molecule has 2 amide bonds. The van der Waals surface area contributed by atoms with E-state index in [-0.39, 0.29) is 16.7 Å². The molecule has 2 heterocycles. The topological polar surface area (TPSA) is 140 Å². The lowest BCUT2D eigenvalue weighted by atomic mass is 9.93. The van der Waals surface area contributed by atoms with Gasteiger partial charge in [-0.1, -0.05) is 33.4 Å². The van der Waals surface area contributed by atoms with Gasteiger partial charge < -0.3 is 19.9 Å². The van der Waals surface area contributed by atoms with Crippen LogP contribution in [-0.4, -0.2) is 52.6 Å². The van der Waals surface area contributed by atoms with Crippen molar-refractivity contribution in [3.63, 3.8) is 0 Å². The summed E-state index contributed by atoms with van der Waals surface area (Å²) in [5, 5.41) is 12.9. The van der Waals surface area contributed by atoms with E-state index in [2.05, 4.69) is 16.9 Å². The molecule has 4 rings (SSSR count). The molecule has 0 unspecified atom stereocenters. The van der Waals surface area contributed by atoms with Gasteiger partial charge in [-0.25, -0.2) is 23.1 Å². The number of carbonyl (C=O) groups excluding carboxylic acids is 3. The van der Waals surface area contributed by atoms with Crippen LogP contribution in [0.3, 0.4) is 0 Å². The van der Waals surface area contributed by atoms with Crippen LogP contribution in [0.5, 0.6) is 11.5 Å². The van der Waals surface area contributed by atoms with Gasteiger partial charge in [-0.05, 0) is 42.8 Å². The van der Waals surface area contributed by atoms with Crippen molar-refractivity contribution >= 4 is 51.8 Å². The minimum Gasteiger partial charge on any atom is -0.494 e. The number of carbonyl (C=O) groups is 4. The number of methoxy groups -OCH3 is 2. The van der Waals surface area contributed by atoms with Gasteiger partial charge in [0.2, 0.25) is 17.6 Å². The fraction of sp³-hybridized carbons (Fsp3) is 0.219. The zero-order valence-corrected chi connectivity index (χ0v) is 25.3. The third kappa shape index (κ3) is 5.84. The molecule has 2 aromatic carbocycles. The minimum absolute atomic E-state index is 0.0553. The van der Waals surface area contributed by atoms with Crippen LogP contribution < -0.4 is 19.7 Å². The number of anilines is 3. The summed E-state index contributed by atoms with van der Waals surface area (Å²) >= 11 is 0. The number of nitrogens with zero attached hydrogens (tertiary/aromatic N) is 3. The van der Waals surface area contributed by atoms with Gasteiger partial charge in [-0.15, -0.1) is 0 Å². The van der Waals surface area contributed by atoms with Gasteiger partial charge in [-0.3, -0.25) is 19.3 Å². The predicted octanol–water partition coefficient (Wildman–Crippen LogP) is 6.23. The van der Waals surface area contributed by atoms with Crippen LogP contribution in [0.4, 0.5) is 30.8 Å². The Morgan fingerprint density at radius 2 is 1.67 bits per heavy atom. The molecule has 0 aliphatic carbocycles. The summed E-state index contributed by atoms with van der Waals surface area (Å²) in [5.41, 5.74) is -1.40. The second-order valence-electron chi connectivity index (χ2n) is 10.9. The Balaban J connectivity index is 1.96. The first-order valence-corrected chi connectivity index (χ1v) is 13.4. The fourth-order valence-electron chi connectivity index (χ4n) is 4.66. The molecule has 0 saturated heterocycles. The molecule has 0 aliphatic rings. The lowest BCUT2D eigenvalue weighted by Crippen LogP contribution is -2.37. The Bertz CT molecular complexity index is 1860. The van der Waals surface area contributed by atoms with Gasteiger partial charge in [-0.2, -0.15) is 0 Å². The summed E-state index contributed by atoms with van der Waals surface area (Å²) in [4.78, 5) is 57.5. The monoisotopic (exact) mass is 620 g/mol. The summed E-state index contributed by atoms with van der Waals surface area (Å²) in [6.45, 7) is 10.2. The van der Waals surface area contributed by atoms with Crippen molar-refractivity contribution in [1.82, 2.24) is 9.55 Å². The smallest absolute Gasteiger partial charge is 0.416 e. The van der Waals surface area contributed by atoms with E-state index >= 15 is 8.78 Å². The number of nitrogens with one attached hydrogen (secondary N) is 1. The number of halogens is 2. The van der Waals surface area contributed by atoms with Gasteiger partial charge in [0, 0.05) is 22.6 Å². The Labute approximate surface area is 256 Å². The first-order chi connectivity index (χ1) is 21.2. The molecular formula is C32H30F2N4O7. The number of amides is 2. The maximum absolute atomic E-state index is 15.2. The lowest BCUT2D eigenvalue weighted by Gasteiger charge is -2.30. The Morgan fingerprint density at radius 1 is 1.04 bits per heavy atom. The second kappa shape index (κ2) is 12.2. The molecule has 0 radical (unpaired) electrons. The molecule has 13 heteroatoms. The molecule has 4 aromatic rings. The zero-order chi connectivity index (χ0) is 33.4. The Morgan fingerprint density at radius 3 is 2.20 bits per heavy atom. The van der Waals surface area contributed by atoms with Gasteiger partial charge in [0.05, 0.1) is 31.6 Å². The van der Waals surface area contributed by atoms with Crippen molar-refractivity contribution in [3.8, 4) is 11.5 Å². The van der Waals surface area contributed by atoms with Crippen LogP contribution in [0.15, 0.2) is 55.3 Å². The SMILES string of the molecule is C=CC(=O)Nc1cccc(N(C(=O)C(C)(C)C)c2cc3cc(C(=O)c4c(F)c(OC)cc(OC)c4F)n(C(=O)O)c3cn2)c1C. The van der Waals surface area contributed by atoms with E-state index in [1.54, 1.807) is 45.9 Å². The molecule has 0 aliphatic heterocycles. The van der Waals surface area contributed by atoms with Crippen LogP contribution in [0.2, 0.25) is 0 Å². The number of hydrogen-bond acceptors (Lipinski definition) is 7. The van der Waals surface area contributed by atoms with E-state index in [0.717, 1.165) is 38.6 Å². The van der Waals surface area contributed by atoms with Gasteiger partial charge >= 0.3 is 6.09 Å². The maximum Gasteiger partial charge on any atom is 0.416 e. The molecule has 45 heavy (non-hydrogen) atoms. The number of ketones is 1. The number of hydrogen-bond donors (Lipinski definition) is 2. The molecule has 11 nitrogen and oxygen atoms in total. The average Bonchev–Trinajstić information content (AvgIpc) is 3.38. The van der Waals surface area contributed by atoms with Crippen LogP contribution in [-0.2, 0) is 9.59 Å². The maximum atomic E-state index is 15.2. The number of fused-ring (bicyclic) bond motifs is 1. The van der Waals surface area contributed by atoms with Crippen LogP contribution in [0.25, 0.3) is 10.9 Å². The van der Waals surface area contributed by atoms with Crippen molar-refractivity contribution in [2.24, 2.45) is 5.41 Å². The van der Waals surface area contributed by atoms with Crippen molar-refractivity contribution in [2.75, 3.05) is 24.4 Å². The van der Waals surface area contributed by atoms with E-state index in [1.807, 2.05) is 0 Å². The number of rotatable bonds is 8. The highest BCUT2D eigenvalue weighted by molar-refractivity contribution is 6.14. The highest BCUT2D eigenvalue weighted by atomic mass is 19.1. The van der Waals surface area contributed by atoms with Gasteiger partial charge in [0.1, 0.15) is 17.1 Å². The number of aromatic nitrogens is 2. The molecule has 234 valence electrons. The second-order valence-corrected chi connectivity index (χ2v) is 10.9. The predicted molar refractivity (Wildman–Crippen MR) is 163 cm³/mol. The summed E-state index contributed by atoms with van der Waals surface area (Å²) in [6.07, 6.45) is 0.615. The molecule has 0 atom stereocenters. The third-order valence-corrected chi connectivity index (χ3v) is 6.96. The Hall–Kier alpha value is -5.59. The van der Waals surface area contributed by atoms with E-state index in [1.165, 1.54) is 11.0 Å². The molecule has 2 aromatic heterocycles. The molecular weight excluding hydrogens is 590 g/mol. The minimum atomic E-state index is -1.62. The highest BCUT2D eigenvalue weighted by Crippen LogP contribution is 2.38. The molecule has 0 saturated carbocycles. The van der Waals surface area contributed by atoms with Crippen LogP contribution in [0.1, 0.15) is 42.4 Å². The summed E-state index contributed by atoms with van der Waals surface area (Å²) in [6, 6.07) is 8.36. The van der Waals surface area contributed by atoms with Gasteiger partial charge in [0.15, 0.2) is 23.1 Å². The molecule has 0 spiro atoms. The number of benzene rings is 2. The van der Waals surface area contributed by atoms with Crippen molar-refractivity contribution < 1.29 is 42.5 Å². The first kappa shape index (κ1) is 32.3. The summed E-state index contributed by atoms with van der Waals surface area (Å²) in [5.74, 6) is -5.77. The quantitative estimate of drug-likeness (QED) is 0.175. The average molecular weight is 621 g/mol. The largest absolute Gasteiger partial charge is 0.494 e. The zero-order valence-electron chi connectivity index (χ0n) is 25.3. The third-order valence-electron chi connectivity index (χ3n) is 6.96. The van der Waals surface area contributed by atoms with E-state index in [9.17, 15) is 24.3 Å². The molecule has 0 fully saturated rings. The Kier molecular flexibility index (Phi) is 8.76. The van der Waals surface area contributed by atoms with Crippen molar-refractivity contribution in [1.29, 1.82) is 0 Å². The standard InChI is InChI=1S/C32H30F2N4O7/c1-8-25(39)36-18-10-9-11-19(16(18)2)38(30(41)32(3,4)5)24-13-17-12-20(37(31(42)43)21(17)15-35-24)29(40)26-27(33)22(44-6)14-23(45-7)28(26)34/h8-15H,1H2,2-7H3,(H,36,39)(H,42,43). The highest BCUT2D eigenvalue weighted by Gasteiger charge is 2.34. The van der Waals surface area contributed by atoms with Crippen molar-refractivity contribution in [2.45, 2.75) is 27.7 Å². The summed E-state index contributed by atoms with van der Waals surface area (Å²) in [7, 11) is 2.22. The van der Waals surface area contributed by atoms with Gasteiger partial charge in [0.25, 0.3) is 0 Å². The van der Waals surface area contributed by atoms with E-state index < -0.39 is 63.5 Å². The summed E-state index contributed by atoms with van der Waals surface area (Å²) < 4.78 is 40.8. The van der Waals surface area contributed by atoms with E-state index in [0.29, 0.717) is 21.5 Å².